The van der Waals surface area contributed by atoms with Crippen molar-refractivity contribution in [2.45, 2.75) is 63.1 Å². The van der Waals surface area contributed by atoms with Crippen LogP contribution in [0, 0.1) is 0 Å². The molecule has 4 amide bonds. The predicted molar refractivity (Wildman–Crippen MR) is 108 cm³/mol. The fraction of sp³-hybridized carbons (Fsp3) is 0.667. The highest BCUT2D eigenvalue weighted by Crippen LogP contribution is 2.09. The number of aliphatic hydroxyl groups is 3. The Labute approximate surface area is 190 Å². The average molecular weight is 479 g/mol. The number of primary amides is 1. The van der Waals surface area contributed by atoms with E-state index in [4.69, 9.17) is 22.1 Å². The van der Waals surface area contributed by atoms with Crippen LogP contribution in [0.4, 0.5) is 0 Å². The number of ether oxygens (including phenoxy) is 1. The number of carboxylic acid groups (broad SMARTS) is 1. The van der Waals surface area contributed by atoms with E-state index in [-0.39, 0.29) is 12.7 Å². The van der Waals surface area contributed by atoms with Gasteiger partial charge >= 0.3 is 5.97 Å². The maximum absolute atomic E-state index is 12.3. The number of rotatable bonds is 16. The van der Waals surface area contributed by atoms with Crippen LogP contribution in [0.5, 0.6) is 0 Å². The van der Waals surface area contributed by atoms with Gasteiger partial charge in [-0.15, -0.1) is 0 Å². The molecule has 0 saturated heterocycles. The monoisotopic (exact) mass is 479 g/mol. The Morgan fingerprint density at radius 3 is 2.21 bits per heavy atom. The molecule has 0 aliphatic carbocycles. The summed E-state index contributed by atoms with van der Waals surface area (Å²) in [4.78, 5) is 69.1. The van der Waals surface area contributed by atoms with Gasteiger partial charge in [-0.3, -0.25) is 24.0 Å². The number of aliphatic carboxylic acids is 1. The zero-order chi connectivity index (χ0) is 26.6. The molecule has 0 aromatic heterocycles. The van der Waals surface area contributed by atoms with Crippen LogP contribution in [0.25, 0.3) is 0 Å². The first-order valence-electron chi connectivity index (χ1n) is 10.2. The number of amides is 4. The maximum atomic E-state index is 12.3. The smallest absolute Gasteiger partial charge is 0.303 e. The first-order chi connectivity index (χ1) is 15.7. The van der Waals surface area contributed by atoms with Crippen molar-refractivity contribution in [2.75, 3.05) is 13.2 Å². The summed E-state index contributed by atoms with van der Waals surface area (Å²) in [7, 11) is 0. The fourth-order valence-corrected chi connectivity index (χ4v) is 2.44. The molecule has 0 aliphatic heterocycles. The highest BCUT2D eigenvalue weighted by molar-refractivity contribution is 5.91. The molecular weight excluding hydrogens is 448 g/mol. The third-order valence-corrected chi connectivity index (χ3v) is 4.18. The van der Waals surface area contributed by atoms with Crippen LogP contribution in [-0.4, -0.2) is 106 Å². The van der Waals surface area contributed by atoms with Gasteiger partial charge in [0.25, 0.3) is 0 Å². The van der Waals surface area contributed by atoms with Gasteiger partial charge < -0.3 is 51.6 Å². The molecule has 0 rings (SSSR count). The van der Waals surface area contributed by atoms with Crippen molar-refractivity contribution in [3.05, 3.63) is 0 Å². The fourth-order valence-electron chi connectivity index (χ4n) is 2.44. The predicted octanol–water partition coefficient (Wildman–Crippen LogP) is -4.87. The molecule has 0 radical (unpaired) electrons. The van der Waals surface area contributed by atoms with Gasteiger partial charge in [0.2, 0.25) is 23.6 Å². The first-order valence-corrected chi connectivity index (χ1v) is 9.64. The lowest BCUT2D eigenvalue weighted by Gasteiger charge is -2.30. The zero-order valence-electron chi connectivity index (χ0n) is 19.0. The van der Waals surface area contributed by atoms with Crippen molar-refractivity contribution >= 4 is 35.9 Å². The van der Waals surface area contributed by atoms with Crippen molar-refractivity contribution in [3.8, 4) is 0 Å². The molecular formula is C18H30N4O11. The van der Waals surface area contributed by atoms with Gasteiger partial charge in [-0.05, 0) is 13.3 Å². The standard InChI is InChI=1S/C18H30N4O11/c1-8(18(32)22-10(17(19)31)3-4-14(28)29)20-13(27)7-33-16(15(30)12(26)6-24)11(5-23)21-9(2)25/h5,8,10-12,15-16,24,26,30H,3-4,6-7H2,1-2H3,(H2,19,31)(H,20,27)(H,21,25)(H,22,32)(H,28,29)/t8?,10?,11-,12+,15+,16+/m0/s1/i7D/t7?,8?,10?,11-,12+,15+,16+. The number of aliphatic hydroxyl groups excluding tert-OH is 3. The second-order valence-electron chi connectivity index (χ2n) is 6.95. The van der Waals surface area contributed by atoms with E-state index in [1.165, 1.54) is 6.92 Å². The van der Waals surface area contributed by atoms with Crippen LogP contribution in [0.2, 0.25) is 0 Å². The SMILES string of the molecule is [2H]C(O[C@@H]([C@H](O)[C@H](O)CO)[C@H](C=O)NC(C)=O)C(=O)NC(C)C(=O)NC(CCC(=O)O)C(N)=O. The van der Waals surface area contributed by atoms with E-state index in [1.807, 2.05) is 0 Å². The summed E-state index contributed by atoms with van der Waals surface area (Å²) in [5.74, 6) is -5.16. The van der Waals surface area contributed by atoms with E-state index < -0.39 is 85.6 Å². The number of aldehydes is 1. The van der Waals surface area contributed by atoms with Gasteiger partial charge in [0.15, 0.2) is 0 Å². The van der Waals surface area contributed by atoms with E-state index in [0.29, 0.717) is 0 Å². The van der Waals surface area contributed by atoms with Crippen molar-refractivity contribution in [3.63, 3.8) is 0 Å². The molecule has 15 nitrogen and oxygen atoms in total. The molecule has 0 aromatic carbocycles. The summed E-state index contributed by atoms with van der Waals surface area (Å²) in [5, 5.41) is 43.8. The van der Waals surface area contributed by atoms with E-state index in [1.54, 1.807) is 0 Å². The molecule has 0 aliphatic rings. The molecule has 7 atom stereocenters. The molecule has 9 N–H and O–H groups in total. The topological polar surface area (TPSA) is 255 Å². The highest BCUT2D eigenvalue weighted by atomic mass is 16.5. The molecule has 188 valence electrons. The summed E-state index contributed by atoms with van der Waals surface area (Å²) < 4.78 is 12.9. The second-order valence-corrected chi connectivity index (χ2v) is 6.95. The van der Waals surface area contributed by atoms with Crippen molar-refractivity contribution in [1.29, 1.82) is 0 Å². The Balaban J connectivity index is 5.28. The summed E-state index contributed by atoms with van der Waals surface area (Å²) in [6.07, 6.45) is -6.33. The number of nitrogens with one attached hydrogen (secondary N) is 3. The van der Waals surface area contributed by atoms with E-state index in [9.17, 15) is 39.0 Å². The van der Waals surface area contributed by atoms with Gasteiger partial charge in [0, 0.05) is 13.3 Å². The van der Waals surface area contributed by atoms with Crippen LogP contribution in [-0.2, 0) is 33.5 Å². The molecule has 0 aromatic rings. The summed E-state index contributed by atoms with van der Waals surface area (Å²) in [6, 6.07) is -4.31. The Kier molecular flexibility index (Phi) is 12.5. The Morgan fingerprint density at radius 1 is 1.15 bits per heavy atom. The van der Waals surface area contributed by atoms with Gasteiger partial charge in [-0.2, -0.15) is 0 Å². The first kappa shape index (κ1) is 27.9. The van der Waals surface area contributed by atoms with Crippen LogP contribution in [0.15, 0.2) is 0 Å². The van der Waals surface area contributed by atoms with Crippen molar-refractivity contribution < 1.29 is 55.3 Å². The number of carbonyl (C=O) groups excluding carboxylic acids is 5. The van der Waals surface area contributed by atoms with Crippen LogP contribution in [0.3, 0.4) is 0 Å². The number of hydrogen-bond donors (Lipinski definition) is 8. The van der Waals surface area contributed by atoms with Crippen LogP contribution >= 0.6 is 0 Å². The van der Waals surface area contributed by atoms with Crippen molar-refractivity contribution in [2.24, 2.45) is 5.73 Å². The van der Waals surface area contributed by atoms with E-state index in [0.717, 1.165) is 6.92 Å². The molecule has 33 heavy (non-hydrogen) atoms. The number of carbonyl (C=O) groups is 6. The zero-order valence-corrected chi connectivity index (χ0v) is 18.0. The highest BCUT2D eigenvalue weighted by Gasteiger charge is 2.35. The number of nitrogens with two attached hydrogens (primary N) is 1. The van der Waals surface area contributed by atoms with Crippen LogP contribution < -0.4 is 21.7 Å². The van der Waals surface area contributed by atoms with Crippen LogP contribution in [0.1, 0.15) is 28.1 Å². The number of hydrogen-bond acceptors (Lipinski definition) is 10. The summed E-state index contributed by atoms with van der Waals surface area (Å²) in [6.45, 7) is -0.955. The lowest BCUT2D eigenvalue weighted by Crippen LogP contribution is -2.56. The minimum atomic E-state index is -2.18. The number of carboxylic acids is 1. The molecule has 3 unspecified atom stereocenters. The van der Waals surface area contributed by atoms with E-state index in [2.05, 4.69) is 16.0 Å². The Hall–Kier alpha value is -3.14. The lowest BCUT2D eigenvalue weighted by molar-refractivity contribution is -0.146. The normalized spacial score (nSPS) is 17.7. The van der Waals surface area contributed by atoms with Gasteiger partial charge in [-0.25, -0.2) is 0 Å². The second kappa shape index (κ2) is 14.8. The minimum Gasteiger partial charge on any atom is -0.481 e. The van der Waals surface area contributed by atoms with Crippen molar-refractivity contribution in [1.82, 2.24) is 16.0 Å². The molecule has 0 spiro atoms. The Morgan fingerprint density at radius 2 is 1.76 bits per heavy atom. The van der Waals surface area contributed by atoms with Gasteiger partial charge in [-0.1, -0.05) is 0 Å². The maximum Gasteiger partial charge on any atom is 0.303 e. The minimum absolute atomic E-state index is 0.126. The largest absolute Gasteiger partial charge is 0.481 e. The molecule has 0 bridgehead atoms. The van der Waals surface area contributed by atoms with Gasteiger partial charge in [0.1, 0.15) is 49.3 Å². The Bertz CT molecular complexity index is 753. The average Bonchev–Trinajstić information content (AvgIpc) is 2.76. The molecule has 0 fully saturated rings. The third kappa shape index (κ3) is 11.3. The molecule has 0 heterocycles. The quantitative estimate of drug-likeness (QED) is 0.0973. The molecule has 15 heteroatoms. The lowest BCUT2D eigenvalue weighted by atomic mass is 10.0. The summed E-state index contributed by atoms with van der Waals surface area (Å²) in [5.41, 5.74) is 5.11. The third-order valence-electron chi connectivity index (χ3n) is 4.18. The van der Waals surface area contributed by atoms with Gasteiger partial charge in [0.05, 0.1) is 7.98 Å². The summed E-state index contributed by atoms with van der Waals surface area (Å²) >= 11 is 0. The molecule has 0 saturated carbocycles. The van der Waals surface area contributed by atoms with E-state index >= 15 is 0 Å².